The van der Waals surface area contributed by atoms with Crippen molar-refractivity contribution in [3.05, 3.63) is 88.3 Å². The molecule has 176 valence electrons. The lowest BCUT2D eigenvalue weighted by molar-refractivity contribution is -0.121. The first-order chi connectivity index (χ1) is 16.9. The van der Waals surface area contributed by atoms with Gasteiger partial charge in [-0.25, -0.2) is 4.79 Å². The summed E-state index contributed by atoms with van der Waals surface area (Å²) < 4.78 is 10.4. The Balaban J connectivity index is 1.45. The van der Waals surface area contributed by atoms with Gasteiger partial charge in [0.15, 0.2) is 6.61 Å². The van der Waals surface area contributed by atoms with E-state index in [9.17, 15) is 19.2 Å². The van der Waals surface area contributed by atoms with E-state index in [2.05, 4.69) is 0 Å². The van der Waals surface area contributed by atoms with Crippen LogP contribution in [0.25, 0.3) is 0 Å². The van der Waals surface area contributed by atoms with Crippen molar-refractivity contribution < 1.29 is 28.3 Å². The summed E-state index contributed by atoms with van der Waals surface area (Å²) in [6, 6.07) is 15.8. The van der Waals surface area contributed by atoms with Crippen molar-refractivity contribution >= 4 is 41.0 Å². The Morgan fingerprint density at radius 3 is 2.57 bits per heavy atom. The van der Waals surface area contributed by atoms with Crippen LogP contribution in [0.5, 0.6) is 0 Å². The van der Waals surface area contributed by atoms with Crippen molar-refractivity contribution in [1.29, 1.82) is 5.26 Å². The van der Waals surface area contributed by atoms with Gasteiger partial charge in [-0.1, -0.05) is 17.7 Å². The summed E-state index contributed by atoms with van der Waals surface area (Å²) in [6.07, 6.45) is 1.51. The van der Waals surface area contributed by atoms with Crippen LogP contribution < -0.4 is 4.90 Å². The zero-order valence-electron chi connectivity index (χ0n) is 18.3. The minimum atomic E-state index is -0.836. The van der Waals surface area contributed by atoms with Crippen molar-refractivity contribution in [1.82, 2.24) is 4.90 Å². The van der Waals surface area contributed by atoms with Gasteiger partial charge in [0.1, 0.15) is 5.76 Å². The van der Waals surface area contributed by atoms with Gasteiger partial charge in [-0.15, -0.1) is 0 Å². The van der Waals surface area contributed by atoms with Gasteiger partial charge in [0.25, 0.3) is 17.7 Å². The second-order valence-electron chi connectivity index (χ2n) is 7.55. The molecule has 3 aromatic rings. The summed E-state index contributed by atoms with van der Waals surface area (Å²) in [5, 5.41) is 9.32. The highest BCUT2D eigenvalue weighted by molar-refractivity contribution is 6.31. The van der Waals surface area contributed by atoms with Crippen LogP contribution in [0.15, 0.2) is 65.3 Å². The molecule has 9 nitrogen and oxygen atoms in total. The fourth-order valence-electron chi connectivity index (χ4n) is 3.61. The number of furan rings is 1. The number of hydrogen-bond acceptors (Lipinski definition) is 7. The second kappa shape index (κ2) is 10.2. The molecule has 3 amide bonds. The standard InChI is InChI=1S/C25H18ClN3O6/c26-17-4-1-5-18(13-17)28(10-3-9-27)22(30)15-35-25(33)16-7-8-20-21(12-16)24(32)29(23(20)31)14-19-6-2-11-34-19/h1-2,4-8,11-13H,3,10,14-15H2. The van der Waals surface area contributed by atoms with Crippen LogP contribution in [-0.4, -0.2) is 41.7 Å². The number of nitrogens with zero attached hydrogens (tertiary/aromatic N) is 3. The van der Waals surface area contributed by atoms with E-state index in [0.29, 0.717) is 16.5 Å². The number of nitriles is 1. The molecule has 0 fully saturated rings. The van der Waals surface area contributed by atoms with Gasteiger partial charge in [0.2, 0.25) is 0 Å². The first-order valence-electron chi connectivity index (χ1n) is 10.5. The SMILES string of the molecule is N#CCCN(C(=O)COC(=O)c1ccc2c(c1)C(=O)N(Cc1ccco1)C2=O)c1cccc(Cl)c1. The van der Waals surface area contributed by atoms with Crippen LogP contribution in [0.3, 0.4) is 0 Å². The predicted octanol–water partition coefficient (Wildman–Crippen LogP) is 3.83. The molecule has 0 spiro atoms. The summed E-state index contributed by atoms with van der Waals surface area (Å²) >= 11 is 6.00. The Hall–Kier alpha value is -4.42. The molecule has 0 aliphatic carbocycles. The molecule has 2 aromatic carbocycles. The summed E-state index contributed by atoms with van der Waals surface area (Å²) in [4.78, 5) is 53.1. The quantitative estimate of drug-likeness (QED) is 0.346. The van der Waals surface area contributed by atoms with E-state index in [1.807, 2.05) is 6.07 Å². The molecule has 0 radical (unpaired) electrons. The molecule has 1 aromatic heterocycles. The first kappa shape index (κ1) is 23.7. The second-order valence-corrected chi connectivity index (χ2v) is 7.98. The fraction of sp³-hybridized carbons (Fsp3) is 0.160. The van der Waals surface area contributed by atoms with E-state index >= 15 is 0 Å². The molecule has 1 aliphatic rings. The van der Waals surface area contributed by atoms with E-state index in [0.717, 1.165) is 4.90 Å². The lowest BCUT2D eigenvalue weighted by atomic mass is 10.1. The molecule has 2 heterocycles. The zero-order chi connectivity index (χ0) is 24.9. The molecule has 35 heavy (non-hydrogen) atoms. The molecule has 0 saturated carbocycles. The maximum Gasteiger partial charge on any atom is 0.338 e. The molecule has 10 heteroatoms. The molecule has 1 aliphatic heterocycles. The van der Waals surface area contributed by atoms with Crippen LogP contribution in [0.4, 0.5) is 5.69 Å². The number of ether oxygens (including phenoxy) is 1. The number of amides is 3. The summed E-state index contributed by atoms with van der Waals surface area (Å²) in [6.45, 7) is -0.533. The highest BCUT2D eigenvalue weighted by Gasteiger charge is 2.36. The van der Waals surface area contributed by atoms with Crippen molar-refractivity contribution in [2.75, 3.05) is 18.1 Å². The van der Waals surface area contributed by atoms with Gasteiger partial charge in [0.05, 0.1) is 42.0 Å². The molecule has 0 atom stereocenters. The summed E-state index contributed by atoms with van der Waals surface area (Å²) in [5.74, 6) is -2.00. The third-order valence-electron chi connectivity index (χ3n) is 5.30. The normalized spacial score (nSPS) is 12.3. The van der Waals surface area contributed by atoms with Crippen LogP contribution in [0.1, 0.15) is 43.3 Å². The maximum absolute atomic E-state index is 12.8. The van der Waals surface area contributed by atoms with Gasteiger partial charge in [-0.2, -0.15) is 5.26 Å². The Bertz CT molecular complexity index is 1350. The molecule has 4 rings (SSSR count). The minimum absolute atomic E-state index is 0.0175. The van der Waals surface area contributed by atoms with Crippen molar-refractivity contribution in [3.63, 3.8) is 0 Å². The number of hydrogen-bond donors (Lipinski definition) is 0. The fourth-order valence-corrected chi connectivity index (χ4v) is 3.80. The van der Waals surface area contributed by atoms with Crippen LogP contribution in [-0.2, 0) is 16.1 Å². The van der Waals surface area contributed by atoms with Crippen molar-refractivity contribution in [2.45, 2.75) is 13.0 Å². The average Bonchev–Trinajstić information content (AvgIpc) is 3.45. The summed E-state index contributed by atoms with van der Waals surface area (Å²) in [5.41, 5.74) is 0.714. The number of benzene rings is 2. The zero-order valence-corrected chi connectivity index (χ0v) is 19.0. The lowest BCUT2D eigenvalue weighted by Crippen LogP contribution is -2.35. The van der Waals surface area contributed by atoms with Crippen molar-refractivity contribution in [3.8, 4) is 6.07 Å². The lowest BCUT2D eigenvalue weighted by Gasteiger charge is -2.21. The molecule has 0 N–H and O–H groups in total. The predicted molar refractivity (Wildman–Crippen MR) is 124 cm³/mol. The van der Waals surface area contributed by atoms with Crippen LogP contribution in [0, 0.1) is 11.3 Å². The van der Waals surface area contributed by atoms with Crippen LogP contribution in [0.2, 0.25) is 5.02 Å². The van der Waals surface area contributed by atoms with E-state index in [-0.39, 0.29) is 36.2 Å². The third-order valence-corrected chi connectivity index (χ3v) is 5.53. The first-order valence-corrected chi connectivity index (χ1v) is 10.9. The molecule has 0 saturated heterocycles. The van der Waals surface area contributed by atoms with E-state index in [1.54, 1.807) is 36.4 Å². The molecular formula is C25H18ClN3O6. The highest BCUT2D eigenvalue weighted by atomic mass is 35.5. The Morgan fingerprint density at radius 1 is 1.06 bits per heavy atom. The largest absolute Gasteiger partial charge is 0.467 e. The number of anilines is 1. The van der Waals surface area contributed by atoms with E-state index in [1.165, 1.54) is 29.4 Å². The maximum atomic E-state index is 12.8. The number of fused-ring (bicyclic) bond motifs is 1. The topological polar surface area (TPSA) is 121 Å². The van der Waals surface area contributed by atoms with Gasteiger partial charge in [-0.05, 0) is 48.5 Å². The smallest absolute Gasteiger partial charge is 0.338 e. The number of rotatable bonds is 8. The Morgan fingerprint density at radius 2 is 1.86 bits per heavy atom. The van der Waals surface area contributed by atoms with Crippen molar-refractivity contribution in [2.24, 2.45) is 0 Å². The number of halogens is 1. The number of esters is 1. The summed E-state index contributed by atoms with van der Waals surface area (Å²) in [7, 11) is 0. The Kier molecular flexibility index (Phi) is 6.94. The van der Waals surface area contributed by atoms with Gasteiger partial charge in [-0.3, -0.25) is 19.3 Å². The van der Waals surface area contributed by atoms with Gasteiger partial charge < -0.3 is 14.1 Å². The molecule has 0 bridgehead atoms. The van der Waals surface area contributed by atoms with Crippen LogP contribution >= 0.6 is 11.6 Å². The van der Waals surface area contributed by atoms with Gasteiger partial charge in [0, 0.05) is 17.3 Å². The molecular weight excluding hydrogens is 474 g/mol. The number of carbonyl (C=O) groups is 4. The third kappa shape index (κ3) is 5.08. The minimum Gasteiger partial charge on any atom is -0.467 e. The number of carbonyl (C=O) groups excluding carboxylic acids is 4. The van der Waals surface area contributed by atoms with E-state index < -0.39 is 30.3 Å². The van der Waals surface area contributed by atoms with E-state index in [4.69, 9.17) is 26.0 Å². The monoisotopic (exact) mass is 491 g/mol. The number of imide groups is 1. The highest BCUT2D eigenvalue weighted by Crippen LogP contribution is 2.26. The Labute approximate surface area is 205 Å². The average molecular weight is 492 g/mol. The molecule has 0 unspecified atom stereocenters. The van der Waals surface area contributed by atoms with Gasteiger partial charge >= 0.3 is 5.97 Å².